The first kappa shape index (κ1) is 18.3. The summed E-state index contributed by atoms with van der Waals surface area (Å²) in [5.74, 6) is 0.193. The number of anilines is 1. The minimum Gasteiger partial charge on any atom is -0.308 e. The third kappa shape index (κ3) is 4.27. The van der Waals surface area contributed by atoms with E-state index in [-0.39, 0.29) is 18.2 Å². The average Bonchev–Trinajstić information content (AvgIpc) is 3.26. The van der Waals surface area contributed by atoms with Crippen molar-refractivity contribution in [2.45, 2.75) is 45.2 Å². The minimum atomic E-state index is -2.67. The van der Waals surface area contributed by atoms with Crippen LogP contribution in [0.15, 0.2) is 42.6 Å². The maximum atomic E-state index is 13.2. The van der Waals surface area contributed by atoms with E-state index in [9.17, 15) is 13.6 Å². The van der Waals surface area contributed by atoms with Gasteiger partial charge in [0.15, 0.2) is 5.82 Å². The van der Waals surface area contributed by atoms with Crippen LogP contribution in [0.4, 0.5) is 14.6 Å². The highest BCUT2D eigenvalue weighted by Crippen LogP contribution is 2.40. The SMILES string of the molecule is Cc1cccc(Cn2ccc(NC(=O)Cn3nc(C4CC4)cc3C(F)F)n2)c1. The largest absolute Gasteiger partial charge is 0.308 e. The first-order valence-corrected chi connectivity index (χ1v) is 9.22. The highest BCUT2D eigenvalue weighted by atomic mass is 19.3. The van der Waals surface area contributed by atoms with Gasteiger partial charge in [0.25, 0.3) is 6.43 Å². The summed E-state index contributed by atoms with van der Waals surface area (Å²) in [5.41, 5.74) is 2.69. The number of rotatable bonds is 7. The van der Waals surface area contributed by atoms with Crippen LogP contribution in [0, 0.1) is 6.92 Å². The number of alkyl halides is 2. The molecule has 2 heterocycles. The number of carbonyl (C=O) groups is 1. The lowest BCUT2D eigenvalue weighted by atomic mass is 10.1. The van der Waals surface area contributed by atoms with E-state index in [1.807, 2.05) is 25.1 Å². The molecule has 1 saturated carbocycles. The summed E-state index contributed by atoms with van der Waals surface area (Å²) in [4.78, 5) is 12.3. The van der Waals surface area contributed by atoms with Crippen LogP contribution in [0.1, 0.15) is 47.7 Å². The van der Waals surface area contributed by atoms with E-state index in [0.717, 1.165) is 28.7 Å². The third-order valence-electron chi connectivity index (χ3n) is 4.68. The van der Waals surface area contributed by atoms with E-state index in [4.69, 9.17) is 0 Å². The molecule has 0 saturated heterocycles. The zero-order valence-electron chi connectivity index (χ0n) is 15.5. The van der Waals surface area contributed by atoms with Gasteiger partial charge in [-0.1, -0.05) is 29.8 Å². The maximum Gasteiger partial charge on any atom is 0.280 e. The van der Waals surface area contributed by atoms with Gasteiger partial charge in [-0.25, -0.2) is 8.78 Å². The van der Waals surface area contributed by atoms with Crippen LogP contribution >= 0.6 is 0 Å². The molecule has 3 aromatic rings. The summed E-state index contributed by atoms with van der Waals surface area (Å²) in [6.07, 6.45) is 1.03. The number of benzene rings is 1. The number of hydrogen-bond acceptors (Lipinski definition) is 3. The molecule has 1 N–H and O–H groups in total. The van der Waals surface area contributed by atoms with E-state index in [0.29, 0.717) is 18.1 Å². The first-order chi connectivity index (χ1) is 13.5. The summed E-state index contributed by atoms with van der Waals surface area (Å²) in [7, 11) is 0. The summed E-state index contributed by atoms with van der Waals surface area (Å²) in [5, 5.41) is 11.2. The number of carbonyl (C=O) groups excluding carboxylic acids is 1. The van der Waals surface area contributed by atoms with Crippen LogP contribution in [-0.4, -0.2) is 25.5 Å². The van der Waals surface area contributed by atoms with Crippen LogP contribution in [0.3, 0.4) is 0 Å². The Hall–Kier alpha value is -3.03. The topological polar surface area (TPSA) is 64.7 Å². The van der Waals surface area contributed by atoms with Crippen molar-refractivity contribution in [3.63, 3.8) is 0 Å². The average molecular weight is 385 g/mol. The minimum absolute atomic E-state index is 0.220. The number of halogens is 2. The number of hydrogen-bond donors (Lipinski definition) is 1. The van der Waals surface area contributed by atoms with Crippen LogP contribution in [0.2, 0.25) is 0 Å². The van der Waals surface area contributed by atoms with Crippen molar-refractivity contribution in [1.82, 2.24) is 19.6 Å². The van der Waals surface area contributed by atoms with Gasteiger partial charge >= 0.3 is 0 Å². The molecule has 2 aromatic heterocycles. The Labute approximate surface area is 161 Å². The number of nitrogens with one attached hydrogen (secondary N) is 1. The van der Waals surface area contributed by atoms with Crippen molar-refractivity contribution in [2.75, 3.05) is 5.32 Å². The third-order valence-corrected chi connectivity index (χ3v) is 4.68. The highest BCUT2D eigenvalue weighted by molar-refractivity contribution is 5.89. The van der Waals surface area contributed by atoms with E-state index >= 15 is 0 Å². The molecular weight excluding hydrogens is 364 g/mol. The van der Waals surface area contributed by atoms with Crippen LogP contribution in [0.5, 0.6) is 0 Å². The lowest BCUT2D eigenvalue weighted by Crippen LogP contribution is -2.21. The number of amides is 1. The molecule has 0 spiro atoms. The Kier molecular flexibility index (Phi) is 4.93. The molecule has 0 unspecified atom stereocenters. The van der Waals surface area contributed by atoms with E-state index in [2.05, 4.69) is 21.6 Å². The lowest BCUT2D eigenvalue weighted by molar-refractivity contribution is -0.117. The van der Waals surface area contributed by atoms with Crippen molar-refractivity contribution in [3.05, 3.63) is 65.1 Å². The standard InChI is InChI=1S/C20H21F2N5O/c1-13-3-2-4-14(9-13)11-26-8-7-18(25-26)23-19(28)12-27-17(20(21)22)10-16(24-27)15-5-6-15/h2-4,7-10,15,20H,5-6,11-12H2,1H3,(H,23,25,28). The highest BCUT2D eigenvalue weighted by Gasteiger charge is 2.29. The molecule has 4 rings (SSSR count). The summed E-state index contributed by atoms with van der Waals surface area (Å²) >= 11 is 0. The first-order valence-electron chi connectivity index (χ1n) is 9.22. The van der Waals surface area contributed by atoms with Crippen molar-refractivity contribution in [2.24, 2.45) is 0 Å². The maximum absolute atomic E-state index is 13.2. The monoisotopic (exact) mass is 385 g/mol. The normalized spacial score (nSPS) is 13.9. The van der Waals surface area contributed by atoms with Gasteiger partial charge in [-0.05, 0) is 31.4 Å². The van der Waals surface area contributed by atoms with Gasteiger partial charge in [0.05, 0.1) is 12.2 Å². The predicted molar refractivity (Wildman–Crippen MR) is 100 cm³/mol. The fraction of sp³-hybridized carbons (Fsp3) is 0.350. The van der Waals surface area contributed by atoms with Gasteiger partial charge in [-0.15, -0.1) is 0 Å². The molecular formula is C20H21F2N5O. The summed E-state index contributed by atoms with van der Waals surface area (Å²) < 4.78 is 29.3. The Bertz CT molecular complexity index is 990. The molecule has 28 heavy (non-hydrogen) atoms. The fourth-order valence-electron chi connectivity index (χ4n) is 3.17. The zero-order chi connectivity index (χ0) is 19.7. The number of aromatic nitrogens is 4. The molecule has 146 valence electrons. The van der Waals surface area contributed by atoms with Crippen molar-refractivity contribution >= 4 is 11.7 Å². The zero-order valence-corrected chi connectivity index (χ0v) is 15.5. The second-order valence-electron chi connectivity index (χ2n) is 7.16. The Balaban J connectivity index is 1.40. The molecule has 1 amide bonds. The molecule has 1 fully saturated rings. The Morgan fingerprint density at radius 1 is 1.25 bits per heavy atom. The summed E-state index contributed by atoms with van der Waals surface area (Å²) in [6.45, 7) is 2.34. The summed E-state index contributed by atoms with van der Waals surface area (Å²) in [6, 6.07) is 11.2. The van der Waals surface area contributed by atoms with Gasteiger partial charge in [-0.3, -0.25) is 14.2 Å². The van der Waals surface area contributed by atoms with E-state index < -0.39 is 12.3 Å². The molecule has 0 bridgehead atoms. The molecule has 1 aliphatic rings. The van der Waals surface area contributed by atoms with Crippen molar-refractivity contribution in [1.29, 1.82) is 0 Å². The smallest absolute Gasteiger partial charge is 0.280 e. The molecule has 0 radical (unpaired) electrons. The van der Waals surface area contributed by atoms with Gasteiger partial charge in [0, 0.05) is 18.2 Å². The predicted octanol–water partition coefficient (Wildman–Crippen LogP) is 3.89. The Morgan fingerprint density at radius 2 is 2.07 bits per heavy atom. The molecule has 0 aliphatic heterocycles. The fourth-order valence-corrected chi connectivity index (χ4v) is 3.17. The van der Waals surface area contributed by atoms with Crippen molar-refractivity contribution < 1.29 is 13.6 Å². The van der Waals surface area contributed by atoms with E-state index in [1.165, 1.54) is 6.07 Å². The van der Waals surface area contributed by atoms with Gasteiger partial charge in [0.2, 0.25) is 5.91 Å². The van der Waals surface area contributed by atoms with Gasteiger partial charge in [0.1, 0.15) is 12.2 Å². The molecule has 8 heteroatoms. The van der Waals surface area contributed by atoms with Crippen LogP contribution in [-0.2, 0) is 17.9 Å². The molecule has 6 nitrogen and oxygen atoms in total. The Morgan fingerprint density at radius 3 is 2.79 bits per heavy atom. The lowest BCUT2D eigenvalue weighted by Gasteiger charge is -2.07. The van der Waals surface area contributed by atoms with Crippen molar-refractivity contribution in [3.8, 4) is 0 Å². The molecule has 0 atom stereocenters. The van der Waals surface area contributed by atoms with Crippen LogP contribution < -0.4 is 5.32 Å². The second-order valence-corrected chi connectivity index (χ2v) is 7.16. The van der Waals surface area contributed by atoms with Gasteiger partial charge < -0.3 is 5.32 Å². The van der Waals surface area contributed by atoms with Crippen LogP contribution in [0.25, 0.3) is 0 Å². The van der Waals surface area contributed by atoms with Gasteiger partial charge in [-0.2, -0.15) is 10.2 Å². The molecule has 1 aromatic carbocycles. The number of nitrogens with zero attached hydrogens (tertiary/aromatic N) is 4. The quantitative estimate of drug-likeness (QED) is 0.671. The molecule has 1 aliphatic carbocycles. The van der Waals surface area contributed by atoms with E-state index in [1.54, 1.807) is 16.9 Å². The number of aryl methyl sites for hydroxylation is 1. The second kappa shape index (κ2) is 7.53.